The summed E-state index contributed by atoms with van der Waals surface area (Å²) in [6.45, 7) is 1.83. The van der Waals surface area contributed by atoms with E-state index in [-0.39, 0.29) is 6.04 Å². The van der Waals surface area contributed by atoms with Gasteiger partial charge in [-0.25, -0.2) is 0 Å². The molecule has 0 radical (unpaired) electrons. The molecule has 12 heavy (non-hydrogen) atoms. The van der Waals surface area contributed by atoms with Crippen LogP contribution in [0.5, 0.6) is 0 Å². The summed E-state index contributed by atoms with van der Waals surface area (Å²) in [5.41, 5.74) is 7.04. The lowest BCUT2D eigenvalue weighted by Gasteiger charge is -2.03. The third kappa shape index (κ3) is 2.63. The zero-order valence-electron chi connectivity index (χ0n) is 6.80. The van der Waals surface area contributed by atoms with Crippen molar-refractivity contribution in [2.45, 2.75) is 19.4 Å². The van der Waals surface area contributed by atoms with Gasteiger partial charge in [-0.3, -0.25) is 0 Å². The minimum Gasteiger partial charge on any atom is -0.323 e. The second kappa shape index (κ2) is 4.66. The normalized spacial score (nSPS) is 11.9. The number of hydrogen-bond donors (Lipinski definition) is 1. The molecule has 0 aromatic carbocycles. The standard InChI is InChI=1S/C9H10BrNS/c1-2-3-4-8(11)7-5-9(10)12-6-7/h5-6,8H,4,11H2,1H3. The van der Waals surface area contributed by atoms with E-state index in [2.05, 4.69) is 33.2 Å². The van der Waals surface area contributed by atoms with Crippen molar-refractivity contribution < 1.29 is 0 Å². The molecule has 0 saturated carbocycles. The molecule has 1 aromatic heterocycles. The second-order valence-corrected chi connectivity index (χ2v) is 4.71. The van der Waals surface area contributed by atoms with Crippen molar-refractivity contribution in [1.29, 1.82) is 0 Å². The average Bonchev–Trinajstić information content (AvgIpc) is 2.47. The van der Waals surface area contributed by atoms with Crippen LogP contribution in [-0.2, 0) is 0 Å². The number of nitrogens with two attached hydrogens (primary N) is 1. The fraction of sp³-hybridized carbons (Fsp3) is 0.333. The van der Waals surface area contributed by atoms with Gasteiger partial charge < -0.3 is 5.73 Å². The Hall–Kier alpha value is -0.300. The SMILES string of the molecule is CC#CCC(N)c1csc(Br)c1. The minimum absolute atomic E-state index is 0.0556. The van der Waals surface area contributed by atoms with Gasteiger partial charge in [0.2, 0.25) is 0 Å². The molecule has 64 valence electrons. The summed E-state index contributed by atoms with van der Waals surface area (Å²) >= 11 is 5.05. The van der Waals surface area contributed by atoms with Crippen LogP contribution in [0, 0.1) is 11.8 Å². The number of halogens is 1. The highest BCUT2D eigenvalue weighted by molar-refractivity contribution is 9.11. The topological polar surface area (TPSA) is 26.0 Å². The molecule has 0 amide bonds. The van der Waals surface area contributed by atoms with E-state index in [0.29, 0.717) is 0 Å². The maximum absolute atomic E-state index is 5.88. The molecule has 0 spiro atoms. The first kappa shape index (κ1) is 9.79. The first-order chi connectivity index (χ1) is 5.74. The maximum Gasteiger partial charge on any atom is 0.0701 e. The Morgan fingerprint density at radius 2 is 2.50 bits per heavy atom. The van der Waals surface area contributed by atoms with E-state index in [1.807, 2.05) is 13.0 Å². The van der Waals surface area contributed by atoms with Crippen LogP contribution in [0.4, 0.5) is 0 Å². The molecule has 0 bridgehead atoms. The van der Waals surface area contributed by atoms with Crippen LogP contribution in [0.1, 0.15) is 24.9 Å². The van der Waals surface area contributed by atoms with E-state index >= 15 is 0 Å². The van der Waals surface area contributed by atoms with E-state index in [0.717, 1.165) is 15.8 Å². The van der Waals surface area contributed by atoms with E-state index in [1.165, 1.54) is 0 Å². The highest BCUT2D eigenvalue weighted by Gasteiger charge is 2.05. The summed E-state index contributed by atoms with van der Waals surface area (Å²) in [7, 11) is 0. The van der Waals surface area contributed by atoms with Crippen LogP contribution < -0.4 is 5.73 Å². The Kier molecular flexibility index (Phi) is 3.80. The largest absolute Gasteiger partial charge is 0.323 e. The van der Waals surface area contributed by atoms with Gasteiger partial charge in [-0.1, -0.05) is 0 Å². The predicted molar refractivity (Wildman–Crippen MR) is 57.0 cm³/mol. The molecule has 0 aliphatic carbocycles. The van der Waals surface area contributed by atoms with Crippen LogP contribution in [0.15, 0.2) is 15.2 Å². The lowest BCUT2D eigenvalue weighted by atomic mass is 10.1. The summed E-state index contributed by atoms with van der Waals surface area (Å²) < 4.78 is 1.12. The van der Waals surface area contributed by atoms with E-state index in [4.69, 9.17) is 5.73 Å². The van der Waals surface area contributed by atoms with Crippen molar-refractivity contribution in [3.8, 4) is 11.8 Å². The van der Waals surface area contributed by atoms with Gasteiger partial charge in [0, 0.05) is 12.5 Å². The quantitative estimate of drug-likeness (QED) is 0.795. The van der Waals surface area contributed by atoms with E-state index in [9.17, 15) is 0 Å². The van der Waals surface area contributed by atoms with Crippen LogP contribution in [0.2, 0.25) is 0 Å². The number of hydrogen-bond acceptors (Lipinski definition) is 2. The first-order valence-corrected chi connectivity index (χ1v) is 5.30. The lowest BCUT2D eigenvalue weighted by molar-refractivity contribution is 0.757. The summed E-state index contributed by atoms with van der Waals surface area (Å²) in [5.74, 6) is 5.81. The summed E-state index contributed by atoms with van der Waals surface area (Å²) in [6, 6.07) is 2.10. The first-order valence-electron chi connectivity index (χ1n) is 3.63. The van der Waals surface area contributed by atoms with Gasteiger partial charge in [0.15, 0.2) is 0 Å². The van der Waals surface area contributed by atoms with Gasteiger partial charge in [0.25, 0.3) is 0 Å². The third-order valence-electron chi connectivity index (χ3n) is 1.51. The molecule has 0 aliphatic rings. The van der Waals surface area contributed by atoms with Crippen molar-refractivity contribution in [2.75, 3.05) is 0 Å². The highest BCUT2D eigenvalue weighted by Crippen LogP contribution is 2.25. The molecule has 1 unspecified atom stereocenters. The van der Waals surface area contributed by atoms with Crippen molar-refractivity contribution in [2.24, 2.45) is 5.73 Å². The van der Waals surface area contributed by atoms with E-state index in [1.54, 1.807) is 11.3 Å². The molecule has 1 aromatic rings. The van der Waals surface area contributed by atoms with Gasteiger partial charge in [-0.2, -0.15) is 0 Å². The van der Waals surface area contributed by atoms with Gasteiger partial charge >= 0.3 is 0 Å². The molecule has 1 heterocycles. The van der Waals surface area contributed by atoms with Gasteiger partial charge in [0.05, 0.1) is 3.79 Å². The molecule has 0 saturated heterocycles. The molecule has 3 heteroatoms. The molecule has 1 nitrogen and oxygen atoms in total. The van der Waals surface area contributed by atoms with Gasteiger partial charge in [-0.15, -0.1) is 23.2 Å². The Balaban J connectivity index is 2.62. The monoisotopic (exact) mass is 243 g/mol. The highest BCUT2D eigenvalue weighted by atomic mass is 79.9. The molecular formula is C9H10BrNS. The number of thiophene rings is 1. The van der Waals surface area contributed by atoms with Crippen molar-refractivity contribution >= 4 is 27.3 Å². The minimum atomic E-state index is 0.0556. The van der Waals surface area contributed by atoms with Crippen LogP contribution in [0.3, 0.4) is 0 Å². The van der Waals surface area contributed by atoms with Crippen LogP contribution >= 0.6 is 27.3 Å². The zero-order chi connectivity index (χ0) is 8.97. The summed E-state index contributed by atoms with van der Waals surface area (Å²) in [4.78, 5) is 0. The summed E-state index contributed by atoms with van der Waals surface area (Å²) in [5, 5.41) is 2.06. The molecule has 0 fully saturated rings. The fourth-order valence-corrected chi connectivity index (χ4v) is 2.09. The smallest absolute Gasteiger partial charge is 0.0701 e. The molecule has 1 atom stereocenters. The molecule has 2 N–H and O–H groups in total. The van der Waals surface area contributed by atoms with Crippen molar-refractivity contribution in [3.05, 3.63) is 20.8 Å². The fourth-order valence-electron chi connectivity index (χ4n) is 0.848. The van der Waals surface area contributed by atoms with Crippen LogP contribution in [-0.4, -0.2) is 0 Å². The number of rotatable bonds is 2. The van der Waals surface area contributed by atoms with Crippen molar-refractivity contribution in [3.63, 3.8) is 0 Å². The maximum atomic E-state index is 5.88. The van der Waals surface area contributed by atoms with Gasteiger partial charge in [0.1, 0.15) is 0 Å². The van der Waals surface area contributed by atoms with Crippen LogP contribution in [0.25, 0.3) is 0 Å². The summed E-state index contributed by atoms with van der Waals surface area (Å²) in [6.07, 6.45) is 0.736. The second-order valence-electron chi connectivity index (χ2n) is 2.42. The third-order valence-corrected chi connectivity index (χ3v) is 3.04. The predicted octanol–water partition coefficient (Wildman–Crippen LogP) is 2.92. The Labute approximate surface area is 85.1 Å². The Morgan fingerprint density at radius 3 is 3.00 bits per heavy atom. The Bertz CT molecular complexity index is 308. The zero-order valence-corrected chi connectivity index (χ0v) is 9.21. The Morgan fingerprint density at radius 1 is 1.75 bits per heavy atom. The molecule has 0 aliphatic heterocycles. The van der Waals surface area contributed by atoms with Crippen molar-refractivity contribution in [1.82, 2.24) is 0 Å². The lowest BCUT2D eigenvalue weighted by Crippen LogP contribution is -2.07. The molecule has 1 rings (SSSR count). The van der Waals surface area contributed by atoms with E-state index < -0.39 is 0 Å². The van der Waals surface area contributed by atoms with Gasteiger partial charge in [-0.05, 0) is 39.9 Å². The molecular weight excluding hydrogens is 234 g/mol. The average molecular weight is 244 g/mol.